The van der Waals surface area contributed by atoms with Gasteiger partial charge >= 0.3 is 12.1 Å². The first-order valence-electron chi connectivity index (χ1n) is 22.0. The first-order valence-corrected chi connectivity index (χ1v) is 24.3. The third kappa shape index (κ3) is 12.3. The molecule has 3 aromatic rings. The van der Waals surface area contributed by atoms with Gasteiger partial charge in [0, 0.05) is 18.0 Å². The summed E-state index contributed by atoms with van der Waals surface area (Å²) in [6, 6.07) is 12.9. The number of carbonyl (C=O) groups excluding carboxylic acids is 3. The normalized spacial score (nSPS) is 18.6. The summed E-state index contributed by atoms with van der Waals surface area (Å²) in [4.78, 5) is 44.2. The lowest BCUT2D eigenvalue weighted by Crippen LogP contribution is -2.52. The Balaban J connectivity index is 1.39. The van der Waals surface area contributed by atoms with E-state index in [0.717, 1.165) is 48.1 Å². The van der Waals surface area contributed by atoms with Gasteiger partial charge in [-0.3, -0.25) is 9.69 Å². The second kappa shape index (κ2) is 19.5. The number of anilines is 1. The molecular formula is C48H69N3O10S2. The molecule has 1 aliphatic carbocycles. The van der Waals surface area contributed by atoms with Gasteiger partial charge in [0.2, 0.25) is 10.0 Å². The molecule has 1 aromatic heterocycles. The van der Waals surface area contributed by atoms with E-state index in [4.69, 9.17) is 23.7 Å². The van der Waals surface area contributed by atoms with Crippen LogP contribution in [0.3, 0.4) is 0 Å². The number of methoxy groups -OCH3 is 1. The molecule has 1 aliphatic heterocycles. The Morgan fingerprint density at radius 1 is 0.984 bits per heavy atom. The van der Waals surface area contributed by atoms with Crippen molar-refractivity contribution in [2.75, 3.05) is 32.1 Å². The SMILES string of the molecule is CCCCOC(=O)c1c(NC(=O)C(C)(C)Oc2ccc(C[C@H]3[C@@H](CN(CC(C)C)S(=O)(=O)c4ccc(OC)cc4)OC(C)(C)N3C(=O)OC(C)(C)C)cc2)sc2c1CC(C)(C)CC2. The highest BCUT2D eigenvalue weighted by atomic mass is 32.2. The Morgan fingerprint density at radius 3 is 2.21 bits per heavy atom. The summed E-state index contributed by atoms with van der Waals surface area (Å²) in [5, 5.41) is 3.50. The molecule has 0 spiro atoms. The van der Waals surface area contributed by atoms with Gasteiger partial charge in [-0.25, -0.2) is 18.0 Å². The van der Waals surface area contributed by atoms with Gasteiger partial charge in [0.15, 0.2) is 5.60 Å². The van der Waals surface area contributed by atoms with E-state index in [1.54, 1.807) is 77.6 Å². The van der Waals surface area contributed by atoms with Crippen LogP contribution in [-0.2, 0) is 48.3 Å². The monoisotopic (exact) mass is 911 g/mol. The topological polar surface area (TPSA) is 150 Å². The van der Waals surface area contributed by atoms with Crippen molar-refractivity contribution in [3.8, 4) is 11.5 Å². The Hall–Kier alpha value is -4.18. The Kier molecular flexibility index (Phi) is 15.4. The summed E-state index contributed by atoms with van der Waals surface area (Å²) < 4.78 is 59.6. The number of esters is 1. The minimum Gasteiger partial charge on any atom is -0.497 e. The van der Waals surface area contributed by atoms with Crippen LogP contribution in [0.25, 0.3) is 0 Å². The average molecular weight is 912 g/mol. The van der Waals surface area contributed by atoms with E-state index in [2.05, 4.69) is 19.2 Å². The minimum absolute atomic E-state index is 0.0103. The molecule has 13 nitrogen and oxygen atoms in total. The maximum absolute atomic E-state index is 14.2. The van der Waals surface area contributed by atoms with E-state index in [1.165, 1.54) is 34.9 Å². The second-order valence-corrected chi connectivity index (χ2v) is 22.9. The van der Waals surface area contributed by atoms with Crippen molar-refractivity contribution in [2.45, 2.75) is 156 Å². The van der Waals surface area contributed by atoms with Crippen LogP contribution in [0.2, 0.25) is 0 Å². The maximum Gasteiger partial charge on any atom is 0.412 e. The van der Waals surface area contributed by atoms with Crippen LogP contribution in [-0.4, -0.2) is 91.5 Å². The van der Waals surface area contributed by atoms with Crippen molar-refractivity contribution in [1.29, 1.82) is 0 Å². The number of fused-ring (bicyclic) bond motifs is 1. The van der Waals surface area contributed by atoms with Crippen LogP contribution in [0.4, 0.5) is 9.80 Å². The molecule has 348 valence electrons. The number of amides is 2. The van der Waals surface area contributed by atoms with Gasteiger partial charge < -0.3 is 29.0 Å². The molecule has 1 saturated heterocycles. The maximum atomic E-state index is 14.2. The van der Waals surface area contributed by atoms with E-state index in [-0.39, 0.29) is 29.3 Å². The standard InChI is InChI=1S/C48H69N3O10S2/c1-14-15-26-58-42(52)40-36-28-46(7,8)25-24-39(36)62-41(40)49-43(53)47(9,10)59-34-18-16-32(17-19-34)27-37-38(60-48(11,12)51(37)44(54)61-45(4,5)6)30-50(29-31(2)3)63(55,56)35-22-20-33(57-13)21-23-35/h16-23,31,37-38H,14-15,24-30H2,1-13H3,(H,49,53)/t37-,38+/m0/s1. The fourth-order valence-corrected chi connectivity index (χ4v) is 10.8. The van der Waals surface area contributed by atoms with Gasteiger partial charge in [0.1, 0.15) is 27.8 Å². The Morgan fingerprint density at radius 2 is 1.62 bits per heavy atom. The molecule has 2 aliphatic rings. The number of ether oxygens (including phenoxy) is 5. The summed E-state index contributed by atoms with van der Waals surface area (Å²) >= 11 is 1.43. The number of thiophene rings is 1. The van der Waals surface area contributed by atoms with Crippen molar-refractivity contribution in [3.63, 3.8) is 0 Å². The number of aryl methyl sites for hydroxylation is 1. The van der Waals surface area contributed by atoms with E-state index in [1.807, 2.05) is 32.9 Å². The van der Waals surface area contributed by atoms with Crippen molar-refractivity contribution >= 4 is 44.3 Å². The van der Waals surface area contributed by atoms with Gasteiger partial charge in [0.05, 0.1) is 36.3 Å². The van der Waals surface area contributed by atoms with Crippen molar-refractivity contribution in [3.05, 3.63) is 70.1 Å². The molecular weight excluding hydrogens is 843 g/mol. The zero-order valence-corrected chi connectivity index (χ0v) is 41.1. The fraction of sp³-hybridized carbons (Fsp3) is 0.604. The van der Waals surface area contributed by atoms with Gasteiger partial charge in [-0.15, -0.1) is 11.3 Å². The minimum atomic E-state index is -3.98. The van der Waals surface area contributed by atoms with Crippen LogP contribution in [0.1, 0.15) is 129 Å². The highest BCUT2D eigenvalue weighted by Gasteiger charge is 2.52. The van der Waals surface area contributed by atoms with Gasteiger partial charge in [-0.05, 0) is 139 Å². The van der Waals surface area contributed by atoms with E-state index >= 15 is 0 Å². The predicted octanol–water partition coefficient (Wildman–Crippen LogP) is 9.65. The van der Waals surface area contributed by atoms with E-state index in [9.17, 15) is 22.8 Å². The van der Waals surface area contributed by atoms with Crippen LogP contribution in [0, 0.1) is 11.3 Å². The molecule has 63 heavy (non-hydrogen) atoms. The summed E-state index contributed by atoms with van der Waals surface area (Å²) in [5.41, 5.74) is -1.05. The number of rotatable bonds is 17. The van der Waals surface area contributed by atoms with Crippen molar-refractivity contribution < 1.29 is 46.5 Å². The number of carbonyl (C=O) groups is 3. The third-order valence-electron chi connectivity index (χ3n) is 11.2. The smallest absolute Gasteiger partial charge is 0.412 e. The van der Waals surface area contributed by atoms with Crippen molar-refractivity contribution in [1.82, 2.24) is 9.21 Å². The fourth-order valence-electron chi connectivity index (χ4n) is 8.03. The molecule has 0 saturated carbocycles. The lowest BCUT2D eigenvalue weighted by molar-refractivity contribution is -0.128. The van der Waals surface area contributed by atoms with Gasteiger partial charge in [-0.1, -0.05) is 53.2 Å². The number of hydrogen-bond acceptors (Lipinski definition) is 11. The van der Waals surface area contributed by atoms with E-state index < -0.39 is 57.1 Å². The molecule has 2 aromatic carbocycles. The number of sulfonamides is 1. The number of unbranched alkanes of at least 4 members (excludes halogenated alkanes) is 1. The van der Waals surface area contributed by atoms with Crippen LogP contribution < -0.4 is 14.8 Å². The molecule has 2 amide bonds. The molecule has 0 bridgehead atoms. The molecule has 2 atom stereocenters. The van der Waals surface area contributed by atoms with Gasteiger partial charge in [-0.2, -0.15) is 4.31 Å². The zero-order valence-electron chi connectivity index (χ0n) is 39.5. The summed E-state index contributed by atoms with van der Waals surface area (Å²) in [6.45, 7) is 23.1. The first kappa shape index (κ1) is 49.8. The molecule has 0 unspecified atom stereocenters. The lowest BCUT2D eigenvalue weighted by Gasteiger charge is -2.35. The lowest BCUT2D eigenvalue weighted by atomic mass is 9.76. The van der Waals surface area contributed by atoms with Crippen LogP contribution in [0.15, 0.2) is 53.4 Å². The first-order chi connectivity index (χ1) is 29.3. The van der Waals surface area contributed by atoms with Crippen molar-refractivity contribution in [2.24, 2.45) is 11.3 Å². The molecule has 15 heteroatoms. The summed E-state index contributed by atoms with van der Waals surface area (Å²) in [7, 11) is -2.46. The second-order valence-electron chi connectivity index (χ2n) is 19.9. The number of hydrogen-bond donors (Lipinski definition) is 1. The van der Waals surface area contributed by atoms with Crippen LogP contribution in [0.5, 0.6) is 11.5 Å². The largest absolute Gasteiger partial charge is 0.497 e. The number of nitrogens with zero attached hydrogens (tertiary/aromatic N) is 2. The molecule has 1 N–H and O–H groups in total. The third-order valence-corrected chi connectivity index (χ3v) is 14.3. The van der Waals surface area contributed by atoms with E-state index in [0.29, 0.717) is 35.1 Å². The Bertz CT molecular complexity index is 2190. The summed E-state index contributed by atoms with van der Waals surface area (Å²) in [6.07, 6.45) is 3.17. The molecule has 2 heterocycles. The average Bonchev–Trinajstić information content (AvgIpc) is 3.65. The molecule has 0 radical (unpaired) electrons. The highest BCUT2D eigenvalue weighted by Crippen LogP contribution is 2.45. The number of benzene rings is 2. The quantitative estimate of drug-likeness (QED) is 0.102. The summed E-state index contributed by atoms with van der Waals surface area (Å²) in [5.74, 6) is 0.131. The predicted molar refractivity (Wildman–Crippen MR) is 246 cm³/mol. The Labute approximate surface area is 379 Å². The highest BCUT2D eigenvalue weighted by molar-refractivity contribution is 7.89. The molecule has 5 rings (SSSR count). The van der Waals surface area contributed by atoms with Crippen LogP contribution >= 0.6 is 11.3 Å². The molecule has 1 fully saturated rings. The van der Waals surface area contributed by atoms with Gasteiger partial charge in [0.25, 0.3) is 5.91 Å². The zero-order chi connectivity index (χ0) is 46.7. The number of nitrogens with one attached hydrogen (secondary N) is 1.